The van der Waals surface area contributed by atoms with Gasteiger partial charge in [0.05, 0.1) is 5.60 Å². The fourth-order valence-corrected chi connectivity index (χ4v) is 1.83. The van der Waals surface area contributed by atoms with Gasteiger partial charge in [0, 0.05) is 25.2 Å². The number of carbonyl (C=O) groups excluding carboxylic acids is 1. The van der Waals surface area contributed by atoms with Crippen molar-refractivity contribution < 1.29 is 9.90 Å². The molecule has 4 nitrogen and oxygen atoms in total. The summed E-state index contributed by atoms with van der Waals surface area (Å²) in [5.41, 5.74) is 2.20. The van der Waals surface area contributed by atoms with E-state index in [1.54, 1.807) is 13.8 Å². The lowest BCUT2D eigenvalue weighted by atomic mass is 10.1. The summed E-state index contributed by atoms with van der Waals surface area (Å²) in [6.45, 7) is 5.28. The van der Waals surface area contributed by atoms with Gasteiger partial charge in [-0.1, -0.05) is 6.07 Å². The van der Waals surface area contributed by atoms with Crippen LogP contribution in [0.4, 0.5) is 0 Å². The molecule has 0 radical (unpaired) electrons. The van der Waals surface area contributed by atoms with Crippen LogP contribution in [0.3, 0.4) is 0 Å². The van der Waals surface area contributed by atoms with Crippen LogP contribution in [0.25, 0.3) is 0 Å². The molecule has 0 saturated heterocycles. The van der Waals surface area contributed by atoms with Gasteiger partial charge < -0.3 is 15.7 Å². The van der Waals surface area contributed by atoms with Gasteiger partial charge in [-0.2, -0.15) is 0 Å². The van der Waals surface area contributed by atoms with Crippen molar-refractivity contribution >= 4 is 5.91 Å². The Morgan fingerprint density at radius 2 is 2.12 bits per heavy atom. The average molecular weight is 234 g/mol. The first-order valence-corrected chi connectivity index (χ1v) is 5.79. The van der Waals surface area contributed by atoms with E-state index in [1.807, 2.05) is 18.2 Å². The van der Waals surface area contributed by atoms with E-state index >= 15 is 0 Å². The monoisotopic (exact) mass is 234 g/mol. The Kier molecular flexibility index (Phi) is 3.17. The van der Waals surface area contributed by atoms with Gasteiger partial charge in [0.25, 0.3) is 5.91 Å². The first kappa shape index (κ1) is 12.1. The van der Waals surface area contributed by atoms with Crippen LogP contribution in [-0.4, -0.2) is 23.2 Å². The first-order chi connectivity index (χ1) is 7.96. The van der Waals surface area contributed by atoms with E-state index in [0.29, 0.717) is 5.56 Å². The number of fused-ring (bicyclic) bond motifs is 1. The molecule has 4 heteroatoms. The van der Waals surface area contributed by atoms with Gasteiger partial charge in [-0.05, 0) is 37.1 Å². The second-order valence-corrected chi connectivity index (χ2v) is 5.08. The minimum atomic E-state index is -0.881. The summed E-state index contributed by atoms with van der Waals surface area (Å²) in [5.74, 6) is -0.137. The summed E-state index contributed by atoms with van der Waals surface area (Å²) in [5, 5.41) is 15.5. The summed E-state index contributed by atoms with van der Waals surface area (Å²) in [4.78, 5) is 11.8. The Hall–Kier alpha value is -1.39. The molecule has 0 bridgehead atoms. The molecule has 92 valence electrons. The molecule has 1 aromatic rings. The van der Waals surface area contributed by atoms with Crippen molar-refractivity contribution in [1.29, 1.82) is 0 Å². The van der Waals surface area contributed by atoms with Gasteiger partial charge in [0.1, 0.15) is 0 Å². The van der Waals surface area contributed by atoms with E-state index in [4.69, 9.17) is 0 Å². The number of amides is 1. The van der Waals surface area contributed by atoms with E-state index in [-0.39, 0.29) is 12.5 Å². The third-order valence-electron chi connectivity index (χ3n) is 2.78. The summed E-state index contributed by atoms with van der Waals surface area (Å²) >= 11 is 0. The molecule has 0 unspecified atom stereocenters. The summed E-state index contributed by atoms with van der Waals surface area (Å²) < 4.78 is 0. The molecule has 2 rings (SSSR count). The number of rotatable bonds is 3. The van der Waals surface area contributed by atoms with E-state index < -0.39 is 5.60 Å². The Balaban J connectivity index is 2.05. The van der Waals surface area contributed by atoms with Crippen LogP contribution in [0.15, 0.2) is 18.2 Å². The Bertz CT molecular complexity index is 436. The number of aliphatic hydroxyl groups is 1. The van der Waals surface area contributed by atoms with Crippen LogP contribution >= 0.6 is 0 Å². The molecule has 0 aliphatic carbocycles. The van der Waals surface area contributed by atoms with Crippen molar-refractivity contribution in [2.45, 2.75) is 32.5 Å². The van der Waals surface area contributed by atoms with Crippen LogP contribution in [0.1, 0.15) is 35.3 Å². The lowest BCUT2D eigenvalue weighted by Gasteiger charge is -2.17. The first-order valence-electron chi connectivity index (χ1n) is 5.79. The number of hydrogen-bond donors (Lipinski definition) is 3. The zero-order chi connectivity index (χ0) is 12.5. The molecule has 1 aliphatic rings. The smallest absolute Gasteiger partial charge is 0.251 e. The maximum Gasteiger partial charge on any atom is 0.251 e. The number of nitrogens with one attached hydrogen (secondary N) is 2. The molecule has 0 atom stereocenters. The molecule has 1 aromatic carbocycles. The van der Waals surface area contributed by atoms with E-state index in [2.05, 4.69) is 10.6 Å². The molecule has 0 fully saturated rings. The lowest BCUT2D eigenvalue weighted by Crippen LogP contribution is -2.38. The summed E-state index contributed by atoms with van der Waals surface area (Å²) in [6, 6.07) is 5.72. The maximum atomic E-state index is 11.8. The molecular weight excluding hydrogens is 216 g/mol. The minimum Gasteiger partial charge on any atom is -0.389 e. The normalized spacial score (nSPS) is 14.5. The number of hydrogen-bond acceptors (Lipinski definition) is 3. The van der Waals surface area contributed by atoms with E-state index in [9.17, 15) is 9.90 Å². The summed E-state index contributed by atoms with van der Waals surface area (Å²) in [7, 11) is 0. The topological polar surface area (TPSA) is 61.4 Å². The van der Waals surface area contributed by atoms with Crippen molar-refractivity contribution in [3.05, 3.63) is 34.9 Å². The quantitative estimate of drug-likeness (QED) is 0.724. The SMILES string of the molecule is CC(C)(O)CNC(=O)c1ccc2c(c1)CNC2. The highest BCUT2D eigenvalue weighted by atomic mass is 16.3. The molecule has 3 N–H and O–H groups in total. The van der Waals surface area contributed by atoms with Crippen molar-refractivity contribution in [1.82, 2.24) is 10.6 Å². The van der Waals surface area contributed by atoms with Crippen LogP contribution in [-0.2, 0) is 13.1 Å². The molecule has 0 spiro atoms. The van der Waals surface area contributed by atoms with Crippen LogP contribution in [0, 0.1) is 0 Å². The molecule has 0 aromatic heterocycles. The van der Waals surface area contributed by atoms with E-state index in [1.165, 1.54) is 11.1 Å². The van der Waals surface area contributed by atoms with E-state index in [0.717, 1.165) is 13.1 Å². The zero-order valence-electron chi connectivity index (χ0n) is 10.2. The predicted molar refractivity (Wildman–Crippen MR) is 65.6 cm³/mol. The highest BCUT2D eigenvalue weighted by Gasteiger charge is 2.16. The fourth-order valence-electron chi connectivity index (χ4n) is 1.83. The number of benzene rings is 1. The second kappa shape index (κ2) is 4.47. The Labute approximate surface area is 101 Å². The summed E-state index contributed by atoms with van der Waals surface area (Å²) in [6.07, 6.45) is 0. The van der Waals surface area contributed by atoms with Crippen molar-refractivity contribution in [3.63, 3.8) is 0 Å². The highest BCUT2D eigenvalue weighted by Crippen LogP contribution is 2.17. The molecule has 17 heavy (non-hydrogen) atoms. The lowest BCUT2D eigenvalue weighted by molar-refractivity contribution is 0.0694. The average Bonchev–Trinajstić information content (AvgIpc) is 2.71. The van der Waals surface area contributed by atoms with Crippen LogP contribution in [0.2, 0.25) is 0 Å². The van der Waals surface area contributed by atoms with Crippen molar-refractivity contribution in [3.8, 4) is 0 Å². The number of carbonyl (C=O) groups is 1. The van der Waals surface area contributed by atoms with Gasteiger partial charge in [0.15, 0.2) is 0 Å². The molecule has 0 saturated carbocycles. The van der Waals surface area contributed by atoms with Gasteiger partial charge in [0.2, 0.25) is 0 Å². The molecule has 1 heterocycles. The van der Waals surface area contributed by atoms with Gasteiger partial charge >= 0.3 is 0 Å². The molecule has 1 aliphatic heterocycles. The van der Waals surface area contributed by atoms with Crippen molar-refractivity contribution in [2.24, 2.45) is 0 Å². The molecular formula is C13H18N2O2. The Morgan fingerprint density at radius 1 is 1.41 bits per heavy atom. The zero-order valence-corrected chi connectivity index (χ0v) is 10.2. The van der Waals surface area contributed by atoms with Gasteiger partial charge in [-0.3, -0.25) is 4.79 Å². The second-order valence-electron chi connectivity index (χ2n) is 5.08. The fraction of sp³-hybridized carbons (Fsp3) is 0.462. The molecule has 1 amide bonds. The van der Waals surface area contributed by atoms with Gasteiger partial charge in [-0.15, -0.1) is 0 Å². The van der Waals surface area contributed by atoms with Crippen molar-refractivity contribution in [2.75, 3.05) is 6.54 Å². The van der Waals surface area contributed by atoms with Crippen LogP contribution in [0.5, 0.6) is 0 Å². The third-order valence-corrected chi connectivity index (χ3v) is 2.78. The third kappa shape index (κ3) is 3.05. The predicted octanol–water partition coefficient (Wildman–Crippen LogP) is 0.791. The Morgan fingerprint density at radius 3 is 2.82 bits per heavy atom. The largest absolute Gasteiger partial charge is 0.389 e. The standard InChI is InChI=1S/C13H18N2O2/c1-13(2,17)8-15-12(16)9-3-4-10-6-14-7-11(10)5-9/h3-5,14,17H,6-8H2,1-2H3,(H,15,16). The maximum absolute atomic E-state index is 11.8. The van der Waals surface area contributed by atoms with Gasteiger partial charge in [-0.25, -0.2) is 0 Å². The highest BCUT2D eigenvalue weighted by molar-refractivity contribution is 5.94. The minimum absolute atomic E-state index is 0.137. The van der Waals surface area contributed by atoms with Crippen LogP contribution < -0.4 is 10.6 Å².